The van der Waals surface area contributed by atoms with E-state index in [1.54, 1.807) is 0 Å². The van der Waals surface area contributed by atoms with Gasteiger partial charge in [0, 0.05) is 32.8 Å². The lowest BCUT2D eigenvalue weighted by Gasteiger charge is -2.34. The molecule has 5 heteroatoms. The summed E-state index contributed by atoms with van der Waals surface area (Å²) in [6, 6.07) is 0. The van der Waals surface area contributed by atoms with Gasteiger partial charge in [-0.2, -0.15) is 0 Å². The number of hydrogen-bond donors (Lipinski definition) is 1. The van der Waals surface area contributed by atoms with Crippen molar-refractivity contribution >= 4 is 29.9 Å². The summed E-state index contributed by atoms with van der Waals surface area (Å²) >= 11 is 0. The fourth-order valence-corrected chi connectivity index (χ4v) is 2.69. The summed E-state index contributed by atoms with van der Waals surface area (Å²) < 4.78 is 5.72. The minimum absolute atomic E-state index is 0. The third-order valence-electron chi connectivity index (χ3n) is 3.83. The lowest BCUT2D eigenvalue weighted by Crippen LogP contribution is -2.47. The van der Waals surface area contributed by atoms with Gasteiger partial charge in [-0.15, -0.1) is 24.0 Å². The monoisotopic (exact) mass is 425 g/mol. The van der Waals surface area contributed by atoms with E-state index in [1.807, 2.05) is 0 Å². The molecule has 0 spiro atoms. The van der Waals surface area contributed by atoms with Crippen LogP contribution in [0.4, 0.5) is 0 Å². The van der Waals surface area contributed by atoms with Gasteiger partial charge >= 0.3 is 0 Å². The van der Waals surface area contributed by atoms with Gasteiger partial charge in [0.05, 0.1) is 6.10 Å². The number of piperidine rings is 1. The van der Waals surface area contributed by atoms with E-state index >= 15 is 0 Å². The SMILES string of the molecule is CCNC(=NCCCC(C)(C)C)N1CCC(OCC)CC1.I. The van der Waals surface area contributed by atoms with Crippen molar-refractivity contribution in [3.05, 3.63) is 0 Å². The molecule has 0 radical (unpaired) electrons. The molecule has 1 rings (SSSR count). The van der Waals surface area contributed by atoms with Gasteiger partial charge < -0.3 is 15.0 Å². The summed E-state index contributed by atoms with van der Waals surface area (Å²) in [7, 11) is 0. The first kappa shape index (κ1) is 22.0. The lowest BCUT2D eigenvalue weighted by molar-refractivity contribution is 0.0264. The summed E-state index contributed by atoms with van der Waals surface area (Å²) in [4.78, 5) is 7.19. The van der Waals surface area contributed by atoms with E-state index < -0.39 is 0 Å². The van der Waals surface area contributed by atoms with E-state index in [0.29, 0.717) is 11.5 Å². The van der Waals surface area contributed by atoms with E-state index in [0.717, 1.165) is 58.0 Å². The molecule has 1 heterocycles. The maximum absolute atomic E-state index is 5.72. The molecule has 1 fully saturated rings. The Kier molecular flexibility index (Phi) is 11.5. The van der Waals surface area contributed by atoms with E-state index in [9.17, 15) is 0 Å². The van der Waals surface area contributed by atoms with Crippen LogP contribution in [0.5, 0.6) is 0 Å². The summed E-state index contributed by atoms with van der Waals surface area (Å²) in [5.74, 6) is 1.08. The zero-order valence-electron chi connectivity index (χ0n) is 15.2. The number of ether oxygens (including phenoxy) is 1. The maximum Gasteiger partial charge on any atom is 0.193 e. The van der Waals surface area contributed by atoms with Crippen molar-refractivity contribution < 1.29 is 4.74 Å². The van der Waals surface area contributed by atoms with Gasteiger partial charge in [0.1, 0.15) is 0 Å². The van der Waals surface area contributed by atoms with Crippen molar-refractivity contribution in [2.75, 3.05) is 32.8 Å². The summed E-state index contributed by atoms with van der Waals surface area (Å²) in [6.45, 7) is 15.9. The number of nitrogens with one attached hydrogen (secondary N) is 1. The highest BCUT2D eigenvalue weighted by atomic mass is 127. The first-order chi connectivity index (χ1) is 9.96. The lowest BCUT2D eigenvalue weighted by atomic mass is 9.91. The number of halogens is 1. The smallest absolute Gasteiger partial charge is 0.193 e. The van der Waals surface area contributed by atoms with Crippen LogP contribution in [-0.4, -0.2) is 49.7 Å². The highest BCUT2D eigenvalue weighted by Crippen LogP contribution is 2.20. The molecule has 0 bridgehead atoms. The molecule has 0 aromatic rings. The van der Waals surface area contributed by atoms with Crippen molar-refractivity contribution in [2.24, 2.45) is 10.4 Å². The van der Waals surface area contributed by atoms with Gasteiger partial charge in [0.25, 0.3) is 0 Å². The maximum atomic E-state index is 5.72. The van der Waals surface area contributed by atoms with Crippen LogP contribution in [0.2, 0.25) is 0 Å². The molecule has 0 amide bonds. The molecule has 0 aromatic carbocycles. The first-order valence-corrected chi connectivity index (χ1v) is 8.61. The Balaban J connectivity index is 0.00000441. The molecule has 1 aliphatic heterocycles. The average Bonchev–Trinajstić information content (AvgIpc) is 2.42. The van der Waals surface area contributed by atoms with E-state index in [1.165, 1.54) is 6.42 Å². The standard InChI is InChI=1S/C17H35N3O.HI/c1-6-18-16(19-12-8-11-17(3,4)5)20-13-9-15(10-14-20)21-7-2;/h15H,6-14H2,1-5H3,(H,18,19);1H. The van der Waals surface area contributed by atoms with Crippen LogP contribution < -0.4 is 5.32 Å². The molecule has 0 atom stereocenters. The first-order valence-electron chi connectivity index (χ1n) is 8.61. The number of rotatable bonds is 6. The molecule has 0 aromatic heterocycles. The second kappa shape index (κ2) is 11.5. The van der Waals surface area contributed by atoms with Gasteiger partial charge in [-0.25, -0.2) is 0 Å². The number of aliphatic imine (C=N–C) groups is 1. The Hall–Kier alpha value is -0.0400. The van der Waals surface area contributed by atoms with Crippen molar-refractivity contribution in [2.45, 2.75) is 66.4 Å². The predicted molar refractivity (Wildman–Crippen MR) is 106 cm³/mol. The van der Waals surface area contributed by atoms with Gasteiger partial charge in [-0.1, -0.05) is 20.8 Å². The van der Waals surface area contributed by atoms with E-state index in [4.69, 9.17) is 9.73 Å². The molecular weight excluding hydrogens is 389 g/mol. The van der Waals surface area contributed by atoms with Crippen molar-refractivity contribution in [1.29, 1.82) is 0 Å². The second-order valence-electron chi connectivity index (χ2n) is 7.04. The Morgan fingerprint density at radius 1 is 1.23 bits per heavy atom. The molecular formula is C17H36IN3O. The third kappa shape index (κ3) is 9.18. The Morgan fingerprint density at radius 2 is 1.86 bits per heavy atom. The summed E-state index contributed by atoms with van der Waals surface area (Å²) in [5.41, 5.74) is 0.406. The zero-order valence-corrected chi connectivity index (χ0v) is 17.5. The number of nitrogens with zero attached hydrogens (tertiary/aromatic N) is 2. The average molecular weight is 425 g/mol. The molecule has 0 saturated carbocycles. The highest BCUT2D eigenvalue weighted by molar-refractivity contribution is 14.0. The van der Waals surface area contributed by atoms with Gasteiger partial charge in [-0.3, -0.25) is 4.99 Å². The minimum atomic E-state index is 0. The normalized spacial score (nSPS) is 17.3. The molecule has 0 unspecified atom stereocenters. The van der Waals surface area contributed by atoms with Crippen LogP contribution in [0.25, 0.3) is 0 Å². The quantitative estimate of drug-likeness (QED) is 0.304. The van der Waals surface area contributed by atoms with Crippen molar-refractivity contribution in [3.63, 3.8) is 0 Å². The molecule has 4 nitrogen and oxygen atoms in total. The van der Waals surface area contributed by atoms with Gasteiger partial charge in [-0.05, 0) is 44.9 Å². The molecule has 132 valence electrons. The number of hydrogen-bond acceptors (Lipinski definition) is 2. The van der Waals surface area contributed by atoms with Crippen LogP contribution in [0.15, 0.2) is 4.99 Å². The third-order valence-corrected chi connectivity index (χ3v) is 3.83. The van der Waals surface area contributed by atoms with Crippen molar-refractivity contribution in [3.8, 4) is 0 Å². The number of likely N-dealkylation sites (tertiary alicyclic amines) is 1. The Bertz CT molecular complexity index is 308. The second-order valence-corrected chi connectivity index (χ2v) is 7.04. The minimum Gasteiger partial charge on any atom is -0.378 e. The Labute approximate surface area is 154 Å². The van der Waals surface area contributed by atoms with E-state index in [-0.39, 0.29) is 24.0 Å². The van der Waals surface area contributed by atoms with Crippen LogP contribution in [0.1, 0.15) is 60.3 Å². The summed E-state index contributed by atoms with van der Waals surface area (Å²) in [5, 5.41) is 3.43. The molecule has 1 saturated heterocycles. The van der Waals surface area contributed by atoms with Crippen LogP contribution >= 0.6 is 24.0 Å². The van der Waals surface area contributed by atoms with Crippen molar-refractivity contribution in [1.82, 2.24) is 10.2 Å². The van der Waals surface area contributed by atoms with Crippen LogP contribution in [0, 0.1) is 5.41 Å². The predicted octanol–water partition coefficient (Wildman–Crippen LogP) is 3.90. The van der Waals surface area contributed by atoms with E-state index in [2.05, 4.69) is 44.8 Å². The van der Waals surface area contributed by atoms with Gasteiger partial charge in [0.2, 0.25) is 0 Å². The van der Waals surface area contributed by atoms with Gasteiger partial charge in [0.15, 0.2) is 5.96 Å². The fraction of sp³-hybridized carbons (Fsp3) is 0.941. The molecule has 1 aliphatic rings. The fourth-order valence-electron chi connectivity index (χ4n) is 2.69. The highest BCUT2D eigenvalue weighted by Gasteiger charge is 2.21. The largest absolute Gasteiger partial charge is 0.378 e. The summed E-state index contributed by atoms with van der Waals surface area (Å²) in [6.07, 6.45) is 5.05. The molecule has 22 heavy (non-hydrogen) atoms. The van der Waals surface area contributed by atoms with Crippen LogP contribution in [-0.2, 0) is 4.74 Å². The molecule has 0 aliphatic carbocycles. The molecule has 1 N–H and O–H groups in total. The van der Waals surface area contributed by atoms with Crippen LogP contribution in [0.3, 0.4) is 0 Å². The zero-order chi connectivity index (χ0) is 15.7. The number of guanidine groups is 1. The Morgan fingerprint density at radius 3 is 2.36 bits per heavy atom. The topological polar surface area (TPSA) is 36.9 Å².